The molecular weight excluding hydrogens is 347 g/mol. The van der Waals surface area contributed by atoms with Gasteiger partial charge in [0.1, 0.15) is 10.8 Å². The first-order chi connectivity index (χ1) is 9.99. The minimum atomic E-state index is -0.630. The van der Waals surface area contributed by atoms with Crippen molar-refractivity contribution in [1.82, 2.24) is 10.6 Å². The van der Waals surface area contributed by atoms with E-state index in [0.717, 1.165) is 19.4 Å². The molecule has 0 saturated carbocycles. The number of rotatable bonds is 4. The van der Waals surface area contributed by atoms with Crippen LogP contribution in [-0.4, -0.2) is 30.6 Å². The molecule has 1 saturated heterocycles. The summed E-state index contributed by atoms with van der Waals surface area (Å²) < 4.78 is 5.62. The smallest absolute Gasteiger partial charge is 0.261 e. The van der Waals surface area contributed by atoms with Crippen molar-refractivity contribution in [3.05, 3.63) is 28.2 Å². The van der Waals surface area contributed by atoms with Gasteiger partial charge in [-0.05, 0) is 45.4 Å². The van der Waals surface area contributed by atoms with Crippen molar-refractivity contribution < 1.29 is 9.53 Å². The number of carbonyl (C=O) groups is 1. The molecule has 1 heterocycles. The van der Waals surface area contributed by atoms with E-state index in [1.165, 1.54) is 0 Å². The van der Waals surface area contributed by atoms with E-state index >= 15 is 0 Å². The molecule has 0 aromatic heterocycles. The molecule has 124 valence electrons. The molecule has 3 atom stereocenters. The minimum Gasteiger partial charge on any atom is -0.479 e. The summed E-state index contributed by atoms with van der Waals surface area (Å²) in [6.45, 7) is 4.77. The summed E-state index contributed by atoms with van der Waals surface area (Å²) in [6.07, 6.45) is 1.41. The fraction of sp³-hybridized carbons (Fsp3) is 0.533. The van der Waals surface area contributed by atoms with Gasteiger partial charge in [-0.2, -0.15) is 0 Å². The third-order valence-corrected chi connectivity index (χ3v) is 4.48. The topological polar surface area (TPSA) is 50.4 Å². The lowest BCUT2D eigenvalue weighted by Gasteiger charge is -2.31. The van der Waals surface area contributed by atoms with Crippen molar-refractivity contribution in [3.8, 4) is 5.75 Å². The lowest BCUT2D eigenvalue weighted by molar-refractivity contribution is -0.128. The first-order valence-corrected chi connectivity index (χ1v) is 7.89. The van der Waals surface area contributed by atoms with Crippen LogP contribution in [0, 0.1) is 0 Å². The lowest BCUT2D eigenvalue weighted by atomic mass is 10.00. The highest BCUT2D eigenvalue weighted by molar-refractivity contribution is 6.42. The van der Waals surface area contributed by atoms with Gasteiger partial charge in [-0.25, -0.2) is 0 Å². The number of amides is 1. The van der Waals surface area contributed by atoms with E-state index in [1.807, 2.05) is 0 Å². The fourth-order valence-corrected chi connectivity index (χ4v) is 2.70. The Kier molecular flexibility index (Phi) is 7.77. The molecule has 0 radical (unpaired) electrons. The number of hydrogen-bond donors (Lipinski definition) is 2. The Morgan fingerprint density at radius 1 is 1.45 bits per heavy atom. The highest BCUT2D eigenvalue weighted by Gasteiger charge is 2.25. The Morgan fingerprint density at radius 2 is 2.18 bits per heavy atom. The van der Waals surface area contributed by atoms with E-state index in [-0.39, 0.29) is 30.4 Å². The van der Waals surface area contributed by atoms with Gasteiger partial charge in [0.05, 0.1) is 5.02 Å². The van der Waals surface area contributed by atoms with Crippen molar-refractivity contribution in [3.63, 3.8) is 0 Å². The SMILES string of the molecule is CC(Oc1cccc(Cl)c1Cl)C(=O)NC1CCCNC1C.Cl. The van der Waals surface area contributed by atoms with Crippen molar-refractivity contribution in [2.24, 2.45) is 0 Å². The highest BCUT2D eigenvalue weighted by Crippen LogP contribution is 2.32. The molecule has 4 nitrogen and oxygen atoms in total. The zero-order chi connectivity index (χ0) is 15.4. The molecule has 1 aromatic carbocycles. The number of carbonyl (C=O) groups excluding carboxylic acids is 1. The number of halogens is 3. The van der Waals surface area contributed by atoms with Crippen LogP contribution in [0.5, 0.6) is 5.75 Å². The lowest BCUT2D eigenvalue weighted by Crippen LogP contribution is -2.54. The van der Waals surface area contributed by atoms with Crippen molar-refractivity contribution in [2.45, 2.75) is 44.9 Å². The van der Waals surface area contributed by atoms with Gasteiger partial charge in [0.25, 0.3) is 5.91 Å². The Labute approximate surface area is 147 Å². The summed E-state index contributed by atoms with van der Waals surface area (Å²) in [6, 6.07) is 5.51. The summed E-state index contributed by atoms with van der Waals surface area (Å²) >= 11 is 12.0. The molecule has 2 rings (SSSR count). The normalized spacial score (nSPS) is 22.4. The molecule has 7 heteroatoms. The summed E-state index contributed by atoms with van der Waals surface area (Å²) in [4.78, 5) is 12.2. The predicted octanol–water partition coefficient (Wildman–Crippen LogP) is 3.44. The summed E-state index contributed by atoms with van der Waals surface area (Å²) in [5, 5.41) is 7.10. The van der Waals surface area contributed by atoms with Crippen molar-refractivity contribution >= 4 is 41.5 Å². The maximum absolute atomic E-state index is 12.2. The maximum Gasteiger partial charge on any atom is 0.261 e. The maximum atomic E-state index is 12.2. The number of piperidine rings is 1. The van der Waals surface area contributed by atoms with Crippen LogP contribution in [0.1, 0.15) is 26.7 Å². The van der Waals surface area contributed by atoms with E-state index in [0.29, 0.717) is 15.8 Å². The van der Waals surface area contributed by atoms with Gasteiger partial charge < -0.3 is 15.4 Å². The quantitative estimate of drug-likeness (QED) is 0.857. The zero-order valence-corrected chi connectivity index (χ0v) is 14.9. The zero-order valence-electron chi connectivity index (χ0n) is 12.6. The van der Waals surface area contributed by atoms with E-state index in [1.54, 1.807) is 25.1 Å². The van der Waals surface area contributed by atoms with Gasteiger partial charge in [-0.15, -0.1) is 12.4 Å². The molecule has 1 amide bonds. The number of ether oxygens (including phenoxy) is 1. The molecule has 0 bridgehead atoms. The number of benzene rings is 1. The third-order valence-electron chi connectivity index (χ3n) is 3.68. The van der Waals surface area contributed by atoms with Gasteiger partial charge >= 0.3 is 0 Å². The second kappa shape index (κ2) is 8.82. The van der Waals surface area contributed by atoms with E-state index in [9.17, 15) is 4.79 Å². The van der Waals surface area contributed by atoms with Gasteiger partial charge in [0.2, 0.25) is 0 Å². The predicted molar refractivity (Wildman–Crippen MR) is 92.4 cm³/mol. The Bertz CT molecular complexity index is 514. The van der Waals surface area contributed by atoms with Crippen molar-refractivity contribution in [2.75, 3.05) is 6.54 Å². The van der Waals surface area contributed by atoms with E-state index < -0.39 is 6.10 Å². The average Bonchev–Trinajstić information content (AvgIpc) is 2.46. The standard InChI is InChI=1S/C15H20Cl2N2O2.ClH/c1-9-12(6-4-8-18-9)19-15(20)10(2)21-13-7-3-5-11(16)14(13)17;/h3,5,7,9-10,12,18H,4,6,8H2,1-2H3,(H,19,20);1H. The Morgan fingerprint density at radius 3 is 2.86 bits per heavy atom. The summed E-state index contributed by atoms with van der Waals surface area (Å²) in [7, 11) is 0. The van der Waals surface area contributed by atoms with Crippen LogP contribution in [0.25, 0.3) is 0 Å². The van der Waals surface area contributed by atoms with Crippen LogP contribution < -0.4 is 15.4 Å². The van der Waals surface area contributed by atoms with Crippen LogP contribution in [0.3, 0.4) is 0 Å². The molecule has 1 aliphatic heterocycles. The van der Waals surface area contributed by atoms with Crippen LogP contribution >= 0.6 is 35.6 Å². The summed E-state index contributed by atoms with van der Waals surface area (Å²) in [5.74, 6) is 0.272. The second-order valence-electron chi connectivity index (χ2n) is 5.31. The van der Waals surface area contributed by atoms with Gasteiger partial charge in [-0.3, -0.25) is 4.79 Å². The summed E-state index contributed by atoms with van der Waals surface area (Å²) in [5.41, 5.74) is 0. The molecule has 1 aliphatic rings. The largest absolute Gasteiger partial charge is 0.479 e. The molecule has 2 N–H and O–H groups in total. The van der Waals surface area contributed by atoms with Crippen LogP contribution in [-0.2, 0) is 4.79 Å². The molecule has 0 aliphatic carbocycles. The first-order valence-electron chi connectivity index (χ1n) is 7.13. The average molecular weight is 368 g/mol. The van der Waals surface area contributed by atoms with Gasteiger partial charge in [0, 0.05) is 12.1 Å². The van der Waals surface area contributed by atoms with Gasteiger partial charge in [0.15, 0.2) is 6.10 Å². The number of nitrogens with one attached hydrogen (secondary N) is 2. The van der Waals surface area contributed by atoms with Crippen LogP contribution in [0.2, 0.25) is 10.0 Å². The molecule has 3 unspecified atom stereocenters. The van der Waals surface area contributed by atoms with Crippen molar-refractivity contribution in [1.29, 1.82) is 0 Å². The molecule has 22 heavy (non-hydrogen) atoms. The third kappa shape index (κ3) is 4.92. The Hall–Kier alpha value is -0.680. The second-order valence-corrected chi connectivity index (χ2v) is 6.10. The fourth-order valence-electron chi connectivity index (χ4n) is 2.36. The minimum absolute atomic E-state index is 0. The first kappa shape index (κ1) is 19.4. The van der Waals surface area contributed by atoms with Gasteiger partial charge in [-0.1, -0.05) is 29.3 Å². The van der Waals surface area contributed by atoms with Crippen LogP contribution in [0.4, 0.5) is 0 Å². The highest BCUT2D eigenvalue weighted by atomic mass is 35.5. The molecular formula is C15H21Cl3N2O2. The molecule has 1 fully saturated rings. The molecule has 1 aromatic rings. The Balaban J connectivity index is 0.00000242. The van der Waals surface area contributed by atoms with Crippen LogP contribution in [0.15, 0.2) is 18.2 Å². The number of hydrogen-bond acceptors (Lipinski definition) is 3. The van der Waals surface area contributed by atoms with E-state index in [4.69, 9.17) is 27.9 Å². The monoisotopic (exact) mass is 366 g/mol. The van der Waals surface area contributed by atoms with E-state index in [2.05, 4.69) is 17.6 Å². The molecule has 0 spiro atoms.